The van der Waals surface area contributed by atoms with Crippen LogP contribution in [0.3, 0.4) is 0 Å². The van der Waals surface area contributed by atoms with Crippen molar-refractivity contribution in [3.05, 3.63) is 42.5 Å². The van der Waals surface area contributed by atoms with Crippen LogP contribution in [0.2, 0.25) is 0 Å². The minimum Gasteiger partial charge on any atom is -0.423 e. The summed E-state index contributed by atoms with van der Waals surface area (Å²) in [5, 5.41) is 23.6. The van der Waals surface area contributed by atoms with E-state index in [1.54, 1.807) is 12.1 Å². The molecule has 1 aromatic carbocycles. The molecule has 4 N–H and O–H groups in total. The fraction of sp³-hybridized carbons (Fsp3) is 0.429. The van der Waals surface area contributed by atoms with E-state index in [2.05, 4.69) is 17.2 Å². The molecule has 0 fully saturated rings. The normalized spacial score (nSPS) is 9.47. The molecule has 4 nitrogen and oxygen atoms in total. The first kappa shape index (κ1) is 17.9. The van der Waals surface area contributed by atoms with Crippen LogP contribution in [0.5, 0.6) is 0 Å². The summed E-state index contributed by atoms with van der Waals surface area (Å²) in [4.78, 5) is 0. The molecule has 0 aliphatic heterocycles. The van der Waals surface area contributed by atoms with Gasteiger partial charge in [-0.1, -0.05) is 35.9 Å². The average Bonchev–Trinajstić information content (AvgIpc) is 2.40. The Morgan fingerprint density at radius 2 is 1.84 bits per heavy atom. The minimum atomic E-state index is -1.35. The summed E-state index contributed by atoms with van der Waals surface area (Å²) in [6.45, 7) is 8.64. The highest BCUT2D eigenvalue weighted by Gasteiger charge is 2.08. The molecule has 0 saturated carbocycles. The van der Waals surface area contributed by atoms with Crippen LogP contribution >= 0.6 is 0 Å². The summed E-state index contributed by atoms with van der Waals surface area (Å²) in [5.74, 6) is 0. The van der Waals surface area contributed by atoms with Crippen LogP contribution in [0.4, 0.5) is 0 Å². The summed E-state index contributed by atoms with van der Waals surface area (Å²) in [6, 6.07) is 7.07. The maximum absolute atomic E-state index is 8.67. The molecule has 0 amide bonds. The molecule has 0 aromatic heterocycles. The number of nitrogens with one attached hydrogen (secondary N) is 2. The van der Waals surface area contributed by atoms with Crippen LogP contribution < -0.4 is 16.1 Å². The zero-order valence-corrected chi connectivity index (χ0v) is 11.9. The lowest BCUT2D eigenvalue weighted by molar-refractivity contribution is 0.426. The fourth-order valence-corrected chi connectivity index (χ4v) is 1.33. The quantitative estimate of drug-likeness (QED) is 0.319. The van der Waals surface area contributed by atoms with Gasteiger partial charge in [0.15, 0.2) is 0 Å². The van der Waals surface area contributed by atoms with E-state index in [4.69, 9.17) is 10.0 Å². The van der Waals surface area contributed by atoms with Gasteiger partial charge >= 0.3 is 7.12 Å². The standard InChI is InChI=1S/C7H9BO2.C7H16N2/c1-6-2-4-7(5-3-6)8(9)10;1-3-5-9-7-4-6-8-2/h2-5,9-10H,1H3;3,8-9H,1,4-7H2,2H3. The van der Waals surface area contributed by atoms with Crippen molar-refractivity contribution in [2.24, 2.45) is 0 Å². The maximum atomic E-state index is 8.67. The first-order valence-corrected chi connectivity index (χ1v) is 6.50. The molecule has 0 saturated heterocycles. The highest BCUT2D eigenvalue weighted by Crippen LogP contribution is 1.92. The first-order valence-electron chi connectivity index (χ1n) is 6.50. The van der Waals surface area contributed by atoms with Crippen molar-refractivity contribution in [1.82, 2.24) is 10.6 Å². The van der Waals surface area contributed by atoms with Crippen molar-refractivity contribution < 1.29 is 10.0 Å². The van der Waals surface area contributed by atoms with Gasteiger partial charge in [-0.25, -0.2) is 0 Å². The SMILES string of the molecule is C=CCNCCCNC.Cc1ccc(B(O)O)cc1. The third-order valence-electron chi connectivity index (χ3n) is 2.44. The summed E-state index contributed by atoms with van der Waals surface area (Å²) in [7, 11) is 0.619. The second kappa shape index (κ2) is 11.9. The van der Waals surface area contributed by atoms with Crippen molar-refractivity contribution in [2.75, 3.05) is 26.7 Å². The Morgan fingerprint density at radius 3 is 2.32 bits per heavy atom. The van der Waals surface area contributed by atoms with Gasteiger partial charge in [0.05, 0.1) is 0 Å². The average molecular weight is 264 g/mol. The van der Waals surface area contributed by atoms with Crippen molar-refractivity contribution in [2.45, 2.75) is 13.3 Å². The zero-order chi connectivity index (χ0) is 14.5. The number of aryl methyl sites for hydroxylation is 1. The molecule has 1 aromatic rings. The van der Waals surface area contributed by atoms with Gasteiger partial charge in [-0.2, -0.15) is 0 Å². The van der Waals surface area contributed by atoms with Crippen molar-refractivity contribution in [3.63, 3.8) is 0 Å². The molecule has 19 heavy (non-hydrogen) atoms. The van der Waals surface area contributed by atoms with E-state index in [9.17, 15) is 0 Å². The van der Waals surface area contributed by atoms with E-state index in [1.807, 2.05) is 32.2 Å². The monoisotopic (exact) mass is 264 g/mol. The Kier molecular flexibility index (Phi) is 11.2. The lowest BCUT2D eigenvalue weighted by Gasteiger charge is -1.99. The number of hydrogen-bond acceptors (Lipinski definition) is 4. The second-order valence-corrected chi connectivity index (χ2v) is 4.23. The number of rotatable bonds is 7. The molecule has 0 atom stereocenters. The predicted molar refractivity (Wildman–Crippen MR) is 82.6 cm³/mol. The summed E-state index contributed by atoms with van der Waals surface area (Å²) in [5.41, 5.74) is 1.65. The van der Waals surface area contributed by atoms with Crippen LogP contribution in [0.1, 0.15) is 12.0 Å². The van der Waals surface area contributed by atoms with Gasteiger partial charge in [0, 0.05) is 6.54 Å². The lowest BCUT2D eigenvalue weighted by atomic mass is 9.80. The molecule has 0 aliphatic carbocycles. The highest BCUT2D eigenvalue weighted by atomic mass is 16.4. The van der Waals surface area contributed by atoms with E-state index in [0.717, 1.165) is 25.2 Å². The largest absolute Gasteiger partial charge is 0.488 e. The third kappa shape index (κ3) is 10.5. The number of benzene rings is 1. The molecule has 106 valence electrons. The van der Waals surface area contributed by atoms with Crippen molar-refractivity contribution >= 4 is 12.6 Å². The second-order valence-electron chi connectivity index (χ2n) is 4.23. The zero-order valence-electron chi connectivity index (χ0n) is 11.9. The van der Waals surface area contributed by atoms with Crippen LogP contribution in [-0.2, 0) is 0 Å². The van der Waals surface area contributed by atoms with Crippen molar-refractivity contribution in [3.8, 4) is 0 Å². The summed E-state index contributed by atoms with van der Waals surface area (Å²) >= 11 is 0. The van der Waals surface area contributed by atoms with E-state index in [0.29, 0.717) is 5.46 Å². The summed E-state index contributed by atoms with van der Waals surface area (Å²) < 4.78 is 0. The molecule has 1 rings (SSSR count). The third-order valence-corrected chi connectivity index (χ3v) is 2.44. The van der Waals surface area contributed by atoms with Gasteiger partial charge in [0.1, 0.15) is 0 Å². The molecule has 0 radical (unpaired) electrons. The lowest BCUT2D eigenvalue weighted by Crippen LogP contribution is -2.29. The van der Waals surface area contributed by atoms with Crippen LogP contribution in [0.25, 0.3) is 0 Å². The smallest absolute Gasteiger partial charge is 0.423 e. The van der Waals surface area contributed by atoms with Gasteiger partial charge in [0.25, 0.3) is 0 Å². The van der Waals surface area contributed by atoms with Gasteiger partial charge in [-0.15, -0.1) is 6.58 Å². The fourth-order valence-electron chi connectivity index (χ4n) is 1.33. The molecule has 0 heterocycles. The van der Waals surface area contributed by atoms with Gasteiger partial charge < -0.3 is 20.7 Å². The van der Waals surface area contributed by atoms with E-state index >= 15 is 0 Å². The Bertz CT molecular complexity index is 329. The number of hydrogen-bond donors (Lipinski definition) is 4. The van der Waals surface area contributed by atoms with Crippen LogP contribution in [-0.4, -0.2) is 43.8 Å². The van der Waals surface area contributed by atoms with Gasteiger partial charge in [-0.05, 0) is 38.9 Å². The van der Waals surface area contributed by atoms with E-state index in [-0.39, 0.29) is 0 Å². The van der Waals surface area contributed by atoms with Gasteiger partial charge in [0.2, 0.25) is 0 Å². The molecular formula is C14H25BN2O2. The topological polar surface area (TPSA) is 64.5 Å². The molecule has 0 bridgehead atoms. The molecule has 0 spiro atoms. The molecule has 0 aliphatic rings. The van der Waals surface area contributed by atoms with E-state index < -0.39 is 7.12 Å². The first-order chi connectivity index (χ1) is 9.11. The Labute approximate surface area is 116 Å². The highest BCUT2D eigenvalue weighted by molar-refractivity contribution is 6.58. The van der Waals surface area contributed by atoms with Crippen molar-refractivity contribution in [1.29, 1.82) is 0 Å². The Balaban J connectivity index is 0.000000344. The molecule has 0 unspecified atom stereocenters. The van der Waals surface area contributed by atoms with E-state index in [1.165, 1.54) is 6.42 Å². The predicted octanol–water partition coefficient (Wildman–Crippen LogP) is 0.0463. The maximum Gasteiger partial charge on any atom is 0.488 e. The van der Waals surface area contributed by atoms with Crippen LogP contribution in [0.15, 0.2) is 36.9 Å². The van der Waals surface area contributed by atoms with Gasteiger partial charge in [-0.3, -0.25) is 0 Å². The molecule has 5 heteroatoms. The van der Waals surface area contributed by atoms with Crippen LogP contribution in [0, 0.1) is 6.92 Å². The summed E-state index contributed by atoms with van der Waals surface area (Å²) in [6.07, 6.45) is 3.06. The Morgan fingerprint density at radius 1 is 1.21 bits per heavy atom. The minimum absolute atomic E-state index is 0.533. The Hall–Kier alpha value is -1.14. The molecular weight excluding hydrogens is 239 g/mol.